The summed E-state index contributed by atoms with van der Waals surface area (Å²) in [6.07, 6.45) is 3.71. The fraction of sp³-hybridized carbons (Fsp3) is 0.333. The van der Waals surface area contributed by atoms with Crippen molar-refractivity contribution in [3.8, 4) is 0 Å². The van der Waals surface area contributed by atoms with E-state index in [1.807, 2.05) is 0 Å². The van der Waals surface area contributed by atoms with Crippen molar-refractivity contribution in [2.75, 3.05) is 6.54 Å². The normalized spacial score (nSPS) is 11.7. The third kappa shape index (κ3) is 4.06. The molecule has 1 aromatic heterocycles. The average molecular weight is 314 g/mol. The smallest absolute Gasteiger partial charge is 0.241 e. The Hall–Kier alpha value is -1.84. The number of nitrogens with one attached hydrogen (secondary N) is 1. The standard InChI is InChI=1S/C12H15FN4O3S/c13-11-3-2-10(9-18)12(8-11)21(19,20)15-4-1-6-17-7-5-14-16-17/h2-3,5,7-8,15,18H,1,4,6,9H2. The fourth-order valence-corrected chi connectivity index (χ4v) is 3.10. The van der Waals surface area contributed by atoms with E-state index in [4.69, 9.17) is 5.11 Å². The van der Waals surface area contributed by atoms with Crippen LogP contribution in [0.5, 0.6) is 0 Å². The Balaban J connectivity index is 1.99. The van der Waals surface area contributed by atoms with Gasteiger partial charge in [0.2, 0.25) is 10.0 Å². The topological polar surface area (TPSA) is 97.1 Å². The molecule has 21 heavy (non-hydrogen) atoms. The van der Waals surface area contributed by atoms with E-state index in [0.29, 0.717) is 13.0 Å². The molecule has 2 rings (SSSR count). The molecule has 0 unspecified atom stereocenters. The van der Waals surface area contributed by atoms with Gasteiger partial charge in [-0.2, -0.15) is 0 Å². The highest BCUT2D eigenvalue weighted by Crippen LogP contribution is 2.17. The van der Waals surface area contributed by atoms with Crippen molar-refractivity contribution >= 4 is 10.0 Å². The van der Waals surface area contributed by atoms with E-state index in [9.17, 15) is 12.8 Å². The van der Waals surface area contributed by atoms with Crippen LogP contribution in [0.2, 0.25) is 0 Å². The van der Waals surface area contributed by atoms with Crippen molar-refractivity contribution < 1.29 is 17.9 Å². The first-order valence-electron chi connectivity index (χ1n) is 6.26. The third-order valence-corrected chi connectivity index (χ3v) is 4.36. The number of benzene rings is 1. The van der Waals surface area contributed by atoms with Gasteiger partial charge in [-0.3, -0.25) is 4.68 Å². The van der Waals surface area contributed by atoms with Crippen molar-refractivity contribution in [3.63, 3.8) is 0 Å². The zero-order chi connectivity index (χ0) is 15.3. The van der Waals surface area contributed by atoms with E-state index in [1.54, 1.807) is 10.9 Å². The molecule has 2 N–H and O–H groups in total. The molecule has 0 bridgehead atoms. The summed E-state index contributed by atoms with van der Waals surface area (Å²) in [5.41, 5.74) is 0.153. The molecule has 0 radical (unpaired) electrons. The molecule has 1 aromatic carbocycles. The molecular weight excluding hydrogens is 299 g/mol. The number of hydrogen-bond donors (Lipinski definition) is 2. The summed E-state index contributed by atoms with van der Waals surface area (Å²) >= 11 is 0. The van der Waals surface area contributed by atoms with Crippen LogP contribution in [0.3, 0.4) is 0 Å². The van der Waals surface area contributed by atoms with Gasteiger partial charge in [0.15, 0.2) is 0 Å². The second-order valence-electron chi connectivity index (χ2n) is 4.33. The van der Waals surface area contributed by atoms with Gasteiger partial charge in [0, 0.05) is 19.3 Å². The van der Waals surface area contributed by atoms with Crippen molar-refractivity contribution in [2.24, 2.45) is 0 Å². The van der Waals surface area contributed by atoms with Gasteiger partial charge >= 0.3 is 0 Å². The lowest BCUT2D eigenvalue weighted by Gasteiger charge is -2.10. The molecule has 114 valence electrons. The molecule has 0 atom stereocenters. The Morgan fingerprint density at radius 3 is 2.86 bits per heavy atom. The van der Waals surface area contributed by atoms with Crippen LogP contribution >= 0.6 is 0 Å². The van der Waals surface area contributed by atoms with Gasteiger partial charge in [-0.1, -0.05) is 11.3 Å². The summed E-state index contributed by atoms with van der Waals surface area (Å²) in [5.74, 6) is -0.671. The minimum absolute atomic E-state index is 0.153. The molecule has 0 spiro atoms. The van der Waals surface area contributed by atoms with Gasteiger partial charge in [-0.25, -0.2) is 17.5 Å². The number of aliphatic hydroxyl groups excluding tert-OH is 1. The molecule has 2 aromatic rings. The van der Waals surface area contributed by atoms with Crippen molar-refractivity contribution in [2.45, 2.75) is 24.5 Å². The number of halogens is 1. The largest absolute Gasteiger partial charge is 0.392 e. The zero-order valence-corrected chi connectivity index (χ0v) is 11.9. The second-order valence-corrected chi connectivity index (χ2v) is 6.06. The van der Waals surface area contributed by atoms with E-state index < -0.39 is 22.4 Å². The summed E-state index contributed by atoms with van der Waals surface area (Å²) in [7, 11) is -3.86. The van der Waals surface area contributed by atoms with Gasteiger partial charge in [0.05, 0.1) is 17.7 Å². The average Bonchev–Trinajstić information content (AvgIpc) is 2.97. The van der Waals surface area contributed by atoms with E-state index in [-0.39, 0.29) is 17.0 Å². The SMILES string of the molecule is O=S(=O)(NCCCn1ccnn1)c1cc(F)ccc1CO. The zero-order valence-electron chi connectivity index (χ0n) is 11.1. The number of aromatic nitrogens is 3. The van der Waals surface area contributed by atoms with Crippen LogP contribution in [0.25, 0.3) is 0 Å². The number of aliphatic hydroxyl groups is 1. The van der Waals surface area contributed by atoms with Crippen LogP contribution in [-0.2, 0) is 23.2 Å². The van der Waals surface area contributed by atoms with Crippen LogP contribution in [0.1, 0.15) is 12.0 Å². The van der Waals surface area contributed by atoms with Crippen molar-refractivity contribution in [3.05, 3.63) is 42.0 Å². The lowest BCUT2D eigenvalue weighted by molar-refractivity contribution is 0.278. The maximum Gasteiger partial charge on any atom is 0.241 e. The quantitative estimate of drug-likeness (QED) is 0.715. The molecule has 0 aliphatic rings. The second kappa shape index (κ2) is 6.74. The van der Waals surface area contributed by atoms with Crippen LogP contribution in [0.15, 0.2) is 35.5 Å². The Bertz CT molecular complexity index is 689. The highest BCUT2D eigenvalue weighted by molar-refractivity contribution is 7.89. The molecule has 0 saturated carbocycles. The van der Waals surface area contributed by atoms with E-state index in [0.717, 1.165) is 12.1 Å². The van der Waals surface area contributed by atoms with Gasteiger partial charge in [0.1, 0.15) is 5.82 Å². The highest BCUT2D eigenvalue weighted by Gasteiger charge is 2.18. The van der Waals surface area contributed by atoms with Crippen LogP contribution in [0.4, 0.5) is 4.39 Å². The van der Waals surface area contributed by atoms with Gasteiger partial charge in [0.25, 0.3) is 0 Å². The lowest BCUT2D eigenvalue weighted by atomic mass is 10.2. The fourth-order valence-electron chi connectivity index (χ4n) is 1.79. The molecule has 0 aliphatic heterocycles. The number of aryl methyl sites for hydroxylation is 1. The first-order valence-corrected chi connectivity index (χ1v) is 7.74. The Labute approximate surface area is 121 Å². The third-order valence-electron chi connectivity index (χ3n) is 2.82. The van der Waals surface area contributed by atoms with Gasteiger partial charge in [-0.05, 0) is 24.1 Å². The first kappa shape index (κ1) is 15.5. The monoisotopic (exact) mass is 314 g/mol. The summed E-state index contributed by atoms with van der Waals surface area (Å²) in [6, 6.07) is 3.25. The molecule has 1 heterocycles. The number of sulfonamides is 1. The predicted molar refractivity (Wildman–Crippen MR) is 72.2 cm³/mol. The highest BCUT2D eigenvalue weighted by atomic mass is 32.2. The molecule has 0 fully saturated rings. The van der Waals surface area contributed by atoms with E-state index in [1.165, 1.54) is 12.3 Å². The predicted octanol–water partition coefficient (Wildman–Crippen LogP) is 0.278. The molecule has 0 aliphatic carbocycles. The number of nitrogens with zero attached hydrogens (tertiary/aromatic N) is 3. The van der Waals surface area contributed by atoms with Crippen LogP contribution in [-0.4, -0.2) is 35.1 Å². The first-order chi connectivity index (χ1) is 10.0. The maximum absolute atomic E-state index is 13.2. The summed E-state index contributed by atoms with van der Waals surface area (Å²) in [6.45, 7) is 0.206. The molecular formula is C12H15FN4O3S. The molecule has 0 amide bonds. The van der Waals surface area contributed by atoms with Gasteiger partial charge < -0.3 is 5.11 Å². The number of rotatable bonds is 7. The summed E-state index contributed by atoms with van der Waals surface area (Å²) in [5, 5.41) is 16.5. The molecule has 7 nitrogen and oxygen atoms in total. The number of hydrogen-bond acceptors (Lipinski definition) is 5. The van der Waals surface area contributed by atoms with Crippen molar-refractivity contribution in [1.82, 2.24) is 19.7 Å². The van der Waals surface area contributed by atoms with E-state index >= 15 is 0 Å². The Kier molecular flexibility index (Phi) is 4.99. The van der Waals surface area contributed by atoms with E-state index in [2.05, 4.69) is 15.0 Å². The minimum Gasteiger partial charge on any atom is -0.392 e. The molecule has 0 saturated heterocycles. The minimum atomic E-state index is -3.86. The molecule has 9 heteroatoms. The maximum atomic E-state index is 13.2. The Morgan fingerprint density at radius 2 is 2.19 bits per heavy atom. The summed E-state index contributed by atoms with van der Waals surface area (Å²) in [4.78, 5) is -0.245. The van der Waals surface area contributed by atoms with Crippen LogP contribution in [0, 0.1) is 5.82 Å². The summed E-state index contributed by atoms with van der Waals surface area (Å²) < 4.78 is 41.4. The van der Waals surface area contributed by atoms with Gasteiger partial charge in [-0.15, -0.1) is 5.10 Å². The Morgan fingerprint density at radius 1 is 1.38 bits per heavy atom. The van der Waals surface area contributed by atoms with Crippen LogP contribution < -0.4 is 4.72 Å². The lowest BCUT2D eigenvalue weighted by Crippen LogP contribution is -2.26. The van der Waals surface area contributed by atoms with Crippen molar-refractivity contribution in [1.29, 1.82) is 0 Å².